The van der Waals surface area contributed by atoms with E-state index < -0.39 is 123 Å². The molecule has 1 aliphatic carbocycles. The van der Waals surface area contributed by atoms with Gasteiger partial charge in [0.1, 0.15) is 66.4 Å². The molecule has 0 bridgehead atoms. The van der Waals surface area contributed by atoms with Crippen molar-refractivity contribution in [2.24, 2.45) is 17.8 Å². The molecule has 9 N–H and O–H groups in total. The molecule has 0 amide bonds. The number of aliphatic carboxylic acids is 1. The molecule has 2 aromatic carbocycles. The predicted molar refractivity (Wildman–Crippen MR) is 178 cm³/mol. The minimum Gasteiger partial charge on any atom is -0.478 e. The highest BCUT2D eigenvalue weighted by Crippen LogP contribution is 2.48. The lowest BCUT2D eigenvalue weighted by atomic mass is 9.83. The first-order valence-corrected chi connectivity index (χ1v) is 17.4. The number of carbonyl (C=O) groups excluding carboxylic acids is 2. The Labute approximate surface area is 312 Å². The fourth-order valence-electron chi connectivity index (χ4n) is 7.18. The van der Waals surface area contributed by atoms with E-state index in [9.17, 15) is 60.3 Å². The van der Waals surface area contributed by atoms with E-state index in [0.29, 0.717) is 0 Å². The summed E-state index contributed by atoms with van der Waals surface area (Å²) in [5.74, 6) is -5.07. The standard InChI is InChI=1S/C36H42O19/c1-14-21(10-19-20(31(45)46)13-49-34(24(14)19)55-36-30(44)28(42)26(40)23(12-38)54-36)52-33(48)16-5-2-6-17(8-16)50-32(47)15-4-3-7-18(9-15)51-35-29(43)27(41)25(39)22(11-37)53-35/h2-9,13-14,19,21-30,34-44H,10-12H2,1H3,(H,45,46)/t14-,19+,21?,22+,23+,24+,25+,26+,27-,28-,29+,30+,34-,35+,36-/m0/s1. The van der Waals surface area contributed by atoms with E-state index in [0.717, 1.165) is 6.26 Å². The van der Waals surface area contributed by atoms with Gasteiger partial charge in [-0.25, -0.2) is 14.4 Å². The van der Waals surface area contributed by atoms with Crippen molar-refractivity contribution in [3.63, 3.8) is 0 Å². The molecule has 2 aromatic rings. The SMILES string of the molecule is C[C@H]1C(OC(=O)c2cccc(OC(=O)c3cccc(O[C@@H]4O[C@H](CO)[C@@H](O)[C@H](O)[C@H]4O)c3)c2)C[C@@H]2C(C(=O)O)=CO[C@@H](O[C@@H]3O[C@H](CO)[C@@H](O)[C@H](O)[C@H]3O)[C@@H]21. The molecule has 55 heavy (non-hydrogen) atoms. The Balaban J connectivity index is 1.11. The third-order valence-corrected chi connectivity index (χ3v) is 10.3. The highest BCUT2D eigenvalue weighted by molar-refractivity contribution is 5.93. The third-order valence-electron chi connectivity index (χ3n) is 10.3. The van der Waals surface area contributed by atoms with Crippen LogP contribution in [0.4, 0.5) is 0 Å². The molecule has 19 heteroatoms. The van der Waals surface area contributed by atoms with Crippen LogP contribution in [0.3, 0.4) is 0 Å². The van der Waals surface area contributed by atoms with Crippen LogP contribution in [-0.2, 0) is 28.5 Å². The fourth-order valence-corrected chi connectivity index (χ4v) is 7.18. The first-order valence-electron chi connectivity index (χ1n) is 17.4. The number of fused-ring (bicyclic) bond motifs is 1. The predicted octanol–water partition coefficient (Wildman–Crippen LogP) is -1.98. The Morgan fingerprint density at radius 1 is 0.727 bits per heavy atom. The monoisotopic (exact) mass is 778 g/mol. The lowest BCUT2D eigenvalue weighted by molar-refractivity contribution is -0.342. The molecule has 1 unspecified atom stereocenters. The topological polar surface area (TPSA) is 298 Å². The number of carboxylic acid groups (broad SMARTS) is 1. The summed E-state index contributed by atoms with van der Waals surface area (Å²) in [6.07, 6.45) is -16.7. The van der Waals surface area contributed by atoms with Gasteiger partial charge in [-0.15, -0.1) is 0 Å². The molecule has 4 aliphatic rings. The van der Waals surface area contributed by atoms with Crippen LogP contribution >= 0.6 is 0 Å². The van der Waals surface area contributed by atoms with Crippen LogP contribution in [0.1, 0.15) is 34.1 Å². The number of benzene rings is 2. The van der Waals surface area contributed by atoms with Crippen molar-refractivity contribution in [3.8, 4) is 11.5 Å². The molecular formula is C36H42O19. The molecule has 300 valence electrons. The van der Waals surface area contributed by atoms with Gasteiger partial charge in [0.15, 0.2) is 6.29 Å². The first-order chi connectivity index (χ1) is 26.2. The van der Waals surface area contributed by atoms with Crippen LogP contribution in [0, 0.1) is 17.8 Å². The van der Waals surface area contributed by atoms with Crippen molar-refractivity contribution >= 4 is 17.9 Å². The summed E-state index contributed by atoms with van der Waals surface area (Å²) >= 11 is 0. The van der Waals surface area contributed by atoms with Crippen molar-refractivity contribution in [2.45, 2.75) is 87.2 Å². The average Bonchev–Trinajstić information content (AvgIpc) is 3.50. The number of aliphatic hydroxyl groups excluding tert-OH is 8. The second kappa shape index (κ2) is 16.9. The van der Waals surface area contributed by atoms with E-state index in [2.05, 4.69) is 0 Å². The largest absolute Gasteiger partial charge is 0.478 e. The smallest absolute Gasteiger partial charge is 0.343 e. The van der Waals surface area contributed by atoms with Gasteiger partial charge in [0.2, 0.25) is 12.6 Å². The van der Waals surface area contributed by atoms with E-state index in [1.807, 2.05) is 0 Å². The van der Waals surface area contributed by atoms with Crippen molar-refractivity contribution in [2.75, 3.05) is 13.2 Å². The zero-order valence-corrected chi connectivity index (χ0v) is 29.1. The minimum atomic E-state index is -1.75. The van der Waals surface area contributed by atoms with Crippen molar-refractivity contribution < 1.29 is 93.5 Å². The number of carboxylic acids is 1. The van der Waals surface area contributed by atoms with E-state index >= 15 is 0 Å². The maximum atomic E-state index is 13.4. The summed E-state index contributed by atoms with van der Waals surface area (Å²) < 4.78 is 39.1. The fraction of sp³-hybridized carbons (Fsp3) is 0.528. The highest BCUT2D eigenvalue weighted by Gasteiger charge is 2.54. The summed E-state index contributed by atoms with van der Waals surface area (Å²) in [6.45, 7) is 0.331. The molecule has 3 heterocycles. The molecule has 3 aliphatic heterocycles. The zero-order chi connectivity index (χ0) is 39.7. The second-order valence-corrected chi connectivity index (χ2v) is 13.7. The normalized spacial score (nSPS) is 37.2. The Bertz CT molecular complexity index is 1730. The third kappa shape index (κ3) is 8.32. The van der Waals surface area contributed by atoms with Crippen LogP contribution in [0.2, 0.25) is 0 Å². The Hall–Kier alpha value is -4.25. The molecule has 0 spiro atoms. The molecule has 15 atom stereocenters. The Morgan fingerprint density at radius 3 is 1.91 bits per heavy atom. The number of aliphatic hydroxyl groups is 8. The van der Waals surface area contributed by atoms with Crippen LogP contribution in [0.5, 0.6) is 11.5 Å². The van der Waals surface area contributed by atoms with E-state index in [1.165, 1.54) is 48.5 Å². The lowest BCUT2D eigenvalue weighted by Crippen LogP contribution is -2.60. The summed E-state index contributed by atoms with van der Waals surface area (Å²) in [4.78, 5) is 38.6. The average molecular weight is 779 g/mol. The van der Waals surface area contributed by atoms with Crippen LogP contribution in [0.25, 0.3) is 0 Å². The molecule has 3 fully saturated rings. The van der Waals surface area contributed by atoms with Gasteiger partial charge >= 0.3 is 17.9 Å². The molecule has 0 radical (unpaired) electrons. The number of hydrogen-bond acceptors (Lipinski definition) is 18. The zero-order valence-electron chi connectivity index (χ0n) is 29.1. The van der Waals surface area contributed by atoms with E-state index in [-0.39, 0.29) is 34.6 Å². The second-order valence-electron chi connectivity index (χ2n) is 13.7. The summed E-state index contributed by atoms with van der Waals surface area (Å²) in [5, 5.41) is 90.0. The first kappa shape index (κ1) is 40.4. The molecule has 0 aromatic heterocycles. The number of carbonyl (C=O) groups is 3. The molecular weight excluding hydrogens is 736 g/mol. The van der Waals surface area contributed by atoms with Crippen molar-refractivity contribution in [1.29, 1.82) is 0 Å². The van der Waals surface area contributed by atoms with Gasteiger partial charge in [0, 0.05) is 17.8 Å². The molecule has 2 saturated heterocycles. The minimum absolute atomic E-state index is 0.00792. The molecule has 6 rings (SSSR count). The van der Waals surface area contributed by atoms with Crippen LogP contribution in [0.15, 0.2) is 60.4 Å². The Kier molecular flexibility index (Phi) is 12.4. The van der Waals surface area contributed by atoms with Gasteiger partial charge in [-0.05, 0) is 42.8 Å². The molecule has 19 nitrogen and oxygen atoms in total. The van der Waals surface area contributed by atoms with Gasteiger partial charge < -0.3 is 79.1 Å². The summed E-state index contributed by atoms with van der Waals surface area (Å²) in [5.41, 5.74) is -0.130. The number of rotatable bonds is 11. The van der Waals surface area contributed by atoms with Gasteiger partial charge in [-0.1, -0.05) is 19.1 Å². The highest BCUT2D eigenvalue weighted by atomic mass is 16.8. The number of hydrogen-bond donors (Lipinski definition) is 9. The van der Waals surface area contributed by atoms with E-state index in [1.54, 1.807) is 6.92 Å². The maximum Gasteiger partial charge on any atom is 0.343 e. The van der Waals surface area contributed by atoms with Gasteiger partial charge in [0.25, 0.3) is 0 Å². The molecule has 1 saturated carbocycles. The maximum absolute atomic E-state index is 13.4. The van der Waals surface area contributed by atoms with Crippen molar-refractivity contribution in [1.82, 2.24) is 0 Å². The number of esters is 2. The lowest BCUT2D eigenvalue weighted by Gasteiger charge is -2.43. The quantitative estimate of drug-likeness (QED) is 0.0882. The van der Waals surface area contributed by atoms with E-state index in [4.69, 9.17) is 33.2 Å². The van der Waals surface area contributed by atoms with Gasteiger partial charge in [-0.3, -0.25) is 0 Å². The van der Waals surface area contributed by atoms with Crippen LogP contribution < -0.4 is 9.47 Å². The summed E-state index contributed by atoms with van der Waals surface area (Å²) in [7, 11) is 0. The van der Waals surface area contributed by atoms with Gasteiger partial charge in [0.05, 0.1) is 36.2 Å². The van der Waals surface area contributed by atoms with Crippen molar-refractivity contribution in [3.05, 3.63) is 71.5 Å². The number of ether oxygens (including phenoxy) is 7. The summed E-state index contributed by atoms with van der Waals surface area (Å²) in [6, 6.07) is 11.1. The Morgan fingerprint density at radius 2 is 1.29 bits per heavy atom. The van der Waals surface area contributed by atoms with Crippen LogP contribution in [-0.4, -0.2) is 151 Å². The van der Waals surface area contributed by atoms with Gasteiger partial charge in [-0.2, -0.15) is 0 Å².